The lowest BCUT2D eigenvalue weighted by Gasteiger charge is -2.23. The summed E-state index contributed by atoms with van der Waals surface area (Å²) in [6.07, 6.45) is 0. The Morgan fingerprint density at radius 3 is 2.23 bits per heavy atom. The van der Waals surface area contributed by atoms with E-state index in [1.807, 2.05) is 60.7 Å². The standard InChI is InChI=1S/C35H28FN3O6S2/c1-43-26-15-14-24(17-25(26)36)31(40)29-30(23-13-16-27(28(18-23)44-2)45-19-21-9-5-3-6-10-21)39(33(42)32(29)41)34-37-38-35(47-34)46-20-22-11-7-4-8-12-22/h3-18,30,40H,19-20H2,1-2H3. The smallest absolute Gasteiger partial charge is 0.301 e. The number of aromatic nitrogens is 2. The van der Waals surface area contributed by atoms with Crippen molar-refractivity contribution in [1.29, 1.82) is 0 Å². The number of benzene rings is 4. The number of rotatable bonds is 11. The van der Waals surface area contributed by atoms with Crippen LogP contribution >= 0.6 is 23.1 Å². The highest BCUT2D eigenvalue weighted by atomic mass is 32.2. The van der Waals surface area contributed by atoms with Crippen LogP contribution in [0.5, 0.6) is 17.2 Å². The van der Waals surface area contributed by atoms with Crippen molar-refractivity contribution in [3.63, 3.8) is 0 Å². The summed E-state index contributed by atoms with van der Waals surface area (Å²) >= 11 is 2.59. The minimum absolute atomic E-state index is 0.00236. The monoisotopic (exact) mass is 669 g/mol. The van der Waals surface area contributed by atoms with E-state index in [-0.39, 0.29) is 28.6 Å². The van der Waals surface area contributed by atoms with Crippen molar-refractivity contribution in [3.05, 3.63) is 131 Å². The third-order valence-corrected chi connectivity index (χ3v) is 9.54. The molecule has 1 aliphatic rings. The normalized spacial score (nSPS) is 15.6. The third-order valence-electron chi connectivity index (χ3n) is 7.42. The van der Waals surface area contributed by atoms with Crippen molar-refractivity contribution < 1.29 is 33.3 Å². The first kappa shape index (κ1) is 31.8. The molecule has 5 aromatic rings. The molecular weight excluding hydrogens is 642 g/mol. The van der Waals surface area contributed by atoms with Gasteiger partial charge in [0.1, 0.15) is 12.4 Å². The molecule has 0 bridgehead atoms. The fourth-order valence-electron chi connectivity index (χ4n) is 5.10. The fraction of sp³-hybridized carbons (Fsp3) is 0.143. The van der Waals surface area contributed by atoms with Crippen LogP contribution in [-0.4, -0.2) is 41.2 Å². The van der Waals surface area contributed by atoms with Crippen LogP contribution < -0.4 is 19.1 Å². The molecule has 9 nitrogen and oxygen atoms in total. The molecule has 1 saturated heterocycles. The van der Waals surface area contributed by atoms with Crippen molar-refractivity contribution in [3.8, 4) is 17.2 Å². The molecule has 4 aromatic carbocycles. The second-order valence-electron chi connectivity index (χ2n) is 10.3. The number of carbonyl (C=O) groups excluding carboxylic acids is 2. The molecule has 0 aliphatic carbocycles. The van der Waals surface area contributed by atoms with E-state index in [4.69, 9.17) is 14.2 Å². The Kier molecular flexibility index (Phi) is 9.50. The van der Waals surface area contributed by atoms with E-state index >= 15 is 0 Å². The molecule has 0 spiro atoms. The van der Waals surface area contributed by atoms with Gasteiger partial charge in [0, 0.05) is 11.3 Å². The van der Waals surface area contributed by atoms with Gasteiger partial charge in [0.25, 0.3) is 5.78 Å². The Morgan fingerprint density at radius 2 is 1.55 bits per heavy atom. The van der Waals surface area contributed by atoms with Crippen molar-refractivity contribution >= 4 is 45.7 Å². The lowest BCUT2D eigenvalue weighted by Crippen LogP contribution is -2.29. The van der Waals surface area contributed by atoms with E-state index in [1.54, 1.807) is 18.2 Å². The summed E-state index contributed by atoms with van der Waals surface area (Å²) in [7, 11) is 2.80. The zero-order valence-corrected chi connectivity index (χ0v) is 26.9. The number of aliphatic hydroxyl groups excluding tert-OH is 1. The highest BCUT2D eigenvalue weighted by Crippen LogP contribution is 2.46. The fourth-order valence-corrected chi connectivity index (χ4v) is 6.92. The van der Waals surface area contributed by atoms with Crippen molar-refractivity contribution in [2.75, 3.05) is 19.1 Å². The number of amides is 1. The van der Waals surface area contributed by atoms with Crippen LogP contribution in [0.25, 0.3) is 5.76 Å². The van der Waals surface area contributed by atoms with Gasteiger partial charge in [-0.2, -0.15) is 0 Å². The number of methoxy groups -OCH3 is 2. The van der Waals surface area contributed by atoms with Gasteiger partial charge in [-0.25, -0.2) is 4.39 Å². The van der Waals surface area contributed by atoms with E-state index in [0.717, 1.165) is 28.5 Å². The maximum absolute atomic E-state index is 14.7. The van der Waals surface area contributed by atoms with Gasteiger partial charge in [-0.1, -0.05) is 89.8 Å². The first-order chi connectivity index (χ1) is 22.9. The van der Waals surface area contributed by atoms with Crippen LogP contribution in [0.15, 0.2) is 107 Å². The number of carbonyl (C=O) groups is 2. The van der Waals surface area contributed by atoms with Crippen LogP contribution in [0.3, 0.4) is 0 Å². The molecule has 1 aromatic heterocycles. The van der Waals surface area contributed by atoms with Crippen molar-refractivity contribution in [2.24, 2.45) is 0 Å². The molecule has 47 heavy (non-hydrogen) atoms. The summed E-state index contributed by atoms with van der Waals surface area (Å²) in [6.45, 7) is 0.284. The number of halogens is 1. The second-order valence-corrected chi connectivity index (χ2v) is 12.5. The average molecular weight is 670 g/mol. The molecule has 238 valence electrons. The molecule has 1 aliphatic heterocycles. The van der Waals surface area contributed by atoms with Gasteiger partial charge in [-0.05, 0) is 47.0 Å². The van der Waals surface area contributed by atoms with Gasteiger partial charge >= 0.3 is 5.91 Å². The largest absolute Gasteiger partial charge is 0.507 e. The molecule has 1 fully saturated rings. The van der Waals surface area contributed by atoms with Crippen LogP contribution in [0.2, 0.25) is 0 Å². The van der Waals surface area contributed by atoms with Crippen LogP contribution in [-0.2, 0) is 21.9 Å². The molecule has 0 radical (unpaired) electrons. The average Bonchev–Trinajstić information content (AvgIpc) is 3.68. The number of hydrogen-bond donors (Lipinski definition) is 1. The molecule has 1 amide bonds. The van der Waals surface area contributed by atoms with Gasteiger partial charge < -0.3 is 19.3 Å². The minimum atomic E-state index is -1.14. The Morgan fingerprint density at radius 1 is 0.872 bits per heavy atom. The van der Waals surface area contributed by atoms with Gasteiger partial charge in [-0.3, -0.25) is 14.5 Å². The number of Topliss-reactive ketones (excluding diaryl/α,β-unsaturated/α-hetero) is 1. The van der Waals surface area contributed by atoms with Crippen LogP contribution in [0.1, 0.15) is 28.3 Å². The van der Waals surface area contributed by atoms with E-state index < -0.39 is 29.3 Å². The maximum atomic E-state index is 14.7. The maximum Gasteiger partial charge on any atom is 0.301 e. The third kappa shape index (κ3) is 6.69. The number of hydrogen-bond acceptors (Lipinski definition) is 10. The molecule has 1 atom stereocenters. The molecule has 6 rings (SSSR count). The SMILES string of the molecule is COc1ccc(C(O)=C2C(=O)C(=O)N(c3nnc(SCc4ccccc4)s3)C2c2ccc(OCc3ccccc3)c(OC)c2)cc1F. The molecule has 2 heterocycles. The topological polar surface area (TPSA) is 111 Å². The zero-order chi connectivity index (χ0) is 32.9. The predicted octanol–water partition coefficient (Wildman–Crippen LogP) is 7.19. The summed E-state index contributed by atoms with van der Waals surface area (Å²) in [5.74, 6) is -1.80. The first-order valence-electron chi connectivity index (χ1n) is 14.4. The summed E-state index contributed by atoms with van der Waals surface area (Å²) < 4.78 is 32.0. The summed E-state index contributed by atoms with van der Waals surface area (Å²) in [6, 6.07) is 27.1. The minimum Gasteiger partial charge on any atom is -0.507 e. The van der Waals surface area contributed by atoms with E-state index in [9.17, 15) is 19.1 Å². The Balaban J connectivity index is 1.40. The number of ether oxygens (including phenoxy) is 3. The molecule has 12 heteroatoms. The summed E-state index contributed by atoms with van der Waals surface area (Å²) in [4.78, 5) is 28.6. The molecule has 0 saturated carbocycles. The van der Waals surface area contributed by atoms with Crippen molar-refractivity contribution in [1.82, 2.24) is 10.2 Å². The predicted molar refractivity (Wildman–Crippen MR) is 177 cm³/mol. The number of ketones is 1. The van der Waals surface area contributed by atoms with E-state index in [1.165, 1.54) is 43.0 Å². The lowest BCUT2D eigenvalue weighted by molar-refractivity contribution is -0.132. The number of aliphatic hydroxyl groups is 1. The van der Waals surface area contributed by atoms with Gasteiger partial charge in [0.05, 0.1) is 25.8 Å². The van der Waals surface area contributed by atoms with Crippen molar-refractivity contribution in [2.45, 2.75) is 22.7 Å². The highest BCUT2D eigenvalue weighted by Gasteiger charge is 2.48. The Bertz CT molecular complexity index is 1950. The summed E-state index contributed by atoms with van der Waals surface area (Å²) in [5.41, 5.74) is 2.22. The van der Waals surface area contributed by atoms with Gasteiger partial charge in [0.15, 0.2) is 27.4 Å². The Hall–Kier alpha value is -5.20. The zero-order valence-electron chi connectivity index (χ0n) is 25.3. The molecule has 1 N–H and O–H groups in total. The van der Waals surface area contributed by atoms with Gasteiger partial charge in [-0.15, -0.1) is 10.2 Å². The van der Waals surface area contributed by atoms with E-state index in [0.29, 0.717) is 27.2 Å². The highest BCUT2D eigenvalue weighted by molar-refractivity contribution is 8.00. The lowest BCUT2D eigenvalue weighted by atomic mass is 9.95. The number of thioether (sulfide) groups is 1. The summed E-state index contributed by atoms with van der Waals surface area (Å²) in [5, 5.41) is 20.2. The second kappa shape index (κ2) is 14.1. The van der Waals surface area contributed by atoms with Crippen LogP contribution in [0.4, 0.5) is 9.52 Å². The first-order valence-corrected chi connectivity index (χ1v) is 16.2. The Labute approximate surface area is 278 Å². The molecular formula is C35H28FN3O6S2. The van der Waals surface area contributed by atoms with Gasteiger partial charge in [0.2, 0.25) is 5.13 Å². The van der Waals surface area contributed by atoms with Crippen LogP contribution in [0, 0.1) is 5.82 Å². The quantitative estimate of drug-likeness (QED) is 0.0514. The number of nitrogens with zero attached hydrogens (tertiary/aromatic N) is 3. The number of anilines is 1. The molecule has 1 unspecified atom stereocenters. The van der Waals surface area contributed by atoms with E-state index in [2.05, 4.69) is 10.2 Å².